The van der Waals surface area contributed by atoms with Gasteiger partial charge in [-0.1, -0.05) is 17.7 Å². The number of benzene rings is 1. The lowest BCUT2D eigenvalue weighted by molar-refractivity contribution is -0.108. The van der Waals surface area contributed by atoms with E-state index in [2.05, 4.69) is 0 Å². The van der Waals surface area contributed by atoms with Crippen LogP contribution in [0.3, 0.4) is 0 Å². The van der Waals surface area contributed by atoms with Gasteiger partial charge in [0.2, 0.25) is 0 Å². The van der Waals surface area contributed by atoms with Gasteiger partial charge in [-0.05, 0) is 23.3 Å². The molecule has 68 valence electrons. The fourth-order valence-electron chi connectivity index (χ4n) is 1.16. The topological polar surface area (TPSA) is 34.1 Å². The predicted molar refractivity (Wildman–Crippen MR) is 51.0 cm³/mol. The van der Waals surface area contributed by atoms with Crippen LogP contribution in [-0.2, 0) is 22.4 Å². The van der Waals surface area contributed by atoms with Crippen LogP contribution in [0.5, 0.6) is 0 Å². The van der Waals surface area contributed by atoms with Crippen molar-refractivity contribution in [1.82, 2.24) is 0 Å². The zero-order valence-electron chi connectivity index (χ0n) is 7.00. The average molecular weight is 197 g/mol. The van der Waals surface area contributed by atoms with Crippen LogP contribution in [0.15, 0.2) is 18.2 Å². The van der Waals surface area contributed by atoms with E-state index in [0.29, 0.717) is 17.9 Å². The first-order chi connectivity index (χ1) is 6.27. The van der Waals surface area contributed by atoms with E-state index in [0.717, 1.165) is 23.7 Å². The Morgan fingerprint density at radius 3 is 2.31 bits per heavy atom. The molecule has 13 heavy (non-hydrogen) atoms. The summed E-state index contributed by atoms with van der Waals surface area (Å²) in [7, 11) is 0. The van der Waals surface area contributed by atoms with Crippen molar-refractivity contribution in [3.8, 4) is 0 Å². The molecule has 0 saturated carbocycles. The summed E-state index contributed by atoms with van der Waals surface area (Å²) in [5.74, 6) is 0. The monoisotopic (exact) mass is 196 g/mol. The first-order valence-corrected chi connectivity index (χ1v) is 4.30. The fourth-order valence-corrected chi connectivity index (χ4v) is 1.36. The molecule has 0 unspecified atom stereocenters. The molecule has 2 nitrogen and oxygen atoms in total. The van der Waals surface area contributed by atoms with Gasteiger partial charge in [-0.2, -0.15) is 0 Å². The van der Waals surface area contributed by atoms with E-state index in [1.165, 1.54) is 0 Å². The molecule has 1 aromatic rings. The van der Waals surface area contributed by atoms with Crippen LogP contribution in [0.1, 0.15) is 11.1 Å². The second-order valence-corrected chi connectivity index (χ2v) is 3.09. The maximum Gasteiger partial charge on any atom is 0.124 e. The summed E-state index contributed by atoms with van der Waals surface area (Å²) in [6, 6.07) is 5.21. The number of carbonyl (C=O) groups excluding carboxylic acids is 2. The zero-order chi connectivity index (χ0) is 9.68. The molecule has 0 aliphatic heterocycles. The smallest absolute Gasteiger partial charge is 0.124 e. The highest BCUT2D eigenvalue weighted by molar-refractivity contribution is 6.30. The molecule has 0 atom stereocenters. The highest BCUT2D eigenvalue weighted by Gasteiger charge is 2.01. The van der Waals surface area contributed by atoms with Crippen LogP contribution in [0.4, 0.5) is 0 Å². The largest absolute Gasteiger partial charge is 0.303 e. The molecule has 3 heteroatoms. The standard InChI is InChI=1S/C10H9ClO2/c11-10-2-1-8(3-5-12)9(7-10)4-6-13/h1-2,5-7H,3-4H2. The summed E-state index contributed by atoms with van der Waals surface area (Å²) in [6.07, 6.45) is 2.27. The lowest BCUT2D eigenvalue weighted by atomic mass is 10.0. The molecule has 0 aliphatic rings. The van der Waals surface area contributed by atoms with Crippen LogP contribution >= 0.6 is 11.6 Å². The van der Waals surface area contributed by atoms with Gasteiger partial charge in [0.1, 0.15) is 12.6 Å². The van der Waals surface area contributed by atoms with Crippen molar-refractivity contribution in [2.75, 3.05) is 0 Å². The van der Waals surface area contributed by atoms with E-state index in [-0.39, 0.29) is 0 Å². The molecule has 0 aromatic heterocycles. The number of carbonyl (C=O) groups is 2. The Morgan fingerprint density at radius 1 is 1.08 bits per heavy atom. The summed E-state index contributed by atoms with van der Waals surface area (Å²) >= 11 is 5.75. The SMILES string of the molecule is O=CCc1ccc(Cl)cc1CC=O. The maximum atomic E-state index is 10.3. The zero-order valence-corrected chi connectivity index (χ0v) is 7.75. The number of rotatable bonds is 4. The molecule has 1 aromatic carbocycles. The van der Waals surface area contributed by atoms with Crippen molar-refractivity contribution >= 4 is 24.2 Å². The minimum atomic E-state index is 0.309. The van der Waals surface area contributed by atoms with Crippen molar-refractivity contribution in [1.29, 1.82) is 0 Å². The summed E-state index contributed by atoms with van der Waals surface area (Å²) in [6.45, 7) is 0. The van der Waals surface area contributed by atoms with Gasteiger partial charge in [-0.3, -0.25) is 0 Å². The Balaban J connectivity index is 3.01. The van der Waals surface area contributed by atoms with Crippen LogP contribution < -0.4 is 0 Å². The van der Waals surface area contributed by atoms with Crippen molar-refractivity contribution in [3.63, 3.8) is 0 Å². The fraction of sp³-hybridized carbons (Fsp3) is 0.200. The molecular weight excluding hydrogens is 188 g/mol. The van der Waals surface area contributed by atoms with Gasteiger partial charge in [0, 0.05) is 17.9 Å². The molecule has 0 radical (unpaired) electrons. The third-order valence-corrected chi connectivity index (χ3v) is 2.01. The second kappa shape index (κ2) is 4.77. The number of halogens is 1. The van der Waals surface area contributed by atoms with Gasteiger partial charge in [-0.25, -0.2) is 0 Å². The van der Waals surface area contributed by atoms with Crippen LogP contribution in [0.2, 0.25) is 5.02 Å². The van der Waals surface area contributed by atoms with E-state index in [1.54, 1.807) is 18.2 Å². The minimum absolute atomic E-state index is 0.309. The molecule has 0 N–H and O–H groups in total. The summed E-state index contributed by atoms with van der Waals surface area (Å²) in [5, 5.41) is 0.589. The van der Waals surface area contributed by atoms with Gasteiger partial charge in [0.05, 0.1) is 0 Å². The van der Waals surface area contributed by atoms with Gasteiger partial charge in [0.15, 0.2) is 0 Å². The summed E-state index contributed by atoms with van der Waals surface area (Å²) in [5.41, 5.74) is 1.70. The Morgan fingerprint density at radius 2 is 1.69 bits per heavy atom. The van der Waals surface area contributed by atoms with Crippen molar-refractivity contribution in [2.24, 2.45) is 0 Å². The third kappa shape index (κ3) is 2.67. The Kier molecular flexibility index (Phi) is 3.65. The molecular formula is C10H9ClO2. The van der Waals surface area contributed by atoms with Gasteiger partial charge < -0.3 is 9.59 Å². The molecule has 0 heterocycles. The number of hydrogen-bond acceptors (Lipinski definition) is 2. The average Bonchev–Trinajstić information content (AvgIpc) is 2.10. The van der Waals surface area contributed by atoms with E-state index in [1.807, 2.05) is 0 Å². The van der Waals surface area contributed by atoms with Crippen molar-refractivity contribution < 1.29 is 9.59 Å². The molecule has 0 saturated heterocycles. The summed E-state index contributed by atoms with van der Waals surface area (Å²) in [4.78, 5) is 20.6. The van der Waals surface area contributed by atoms with Crippen LogP contribution in [-0.4, -0.2) is 12.6 Å². The van der Waals surface area contributed by atoms with Gasteiger partial charge >= 0.3 is 0 Å². The first kappa shape index (κ1) is 9.93. The van der Waals surface area contributed by atoms with E-state index in [4.69, 9.17) is 11.6 Å². The highest BCUT2D eigenvalue weighted by atomic mass is 35.5. The van der Waals surface area contributed by atoms with Crippen LogP contribution in [0.25, 0.3) is 0 Å². The molecule has 1 rings (SSSR count). The van der Waals surface area contributed by atoms with Gasteiger partial charge in [0.25, 0.3) is 0 Å². The van der Waals surface area contributed by atoms with Crippen molar-refractivity contribution in [3.05, 3.63) is 34.3 Å². The Bertz CT molecular complexity index is 321. The van der Waals surface area contributed by atoms with E-state index in [9.17, 15) is 9.59 Å². The lowest BCUT2D eigenvalue weighted by Gasteiger charge is -2.03. The molecule has 0 bridgehead atoms. The normalized spacial score (nSPS) is 9.62. The summed E-state index contributed by atoms with van der Waals surface area (Å²) < 4.78 is 0. The Hall–Kier alpha value is -1.15. The maximum absolute atomic E-state index is 10.3. The number of aldehydes is 2. The predicted octanol–water partition coefficient (Wildman–Crippen LogP) is 1.82. The number of hydrogen-bond donors (Lipinski definition) is 0. The van der Waals surface area contributed by atoms with Crippen molar-refractivity contribution in [2.45, 2.75) is 12.8 Å². The van der Waals surface area contributed by atoms with Gasteiger partial charge in [-0.15, -0.1) is 0 Å². The van der Waals surface area contributed by atoms with E-state index < -0.39 is 0 Å². The Labute approximate surface area is 81.5 Å². The quantitative estimate of drug-likeness (QED) is 0.689. The lowest BCUT2D eigenvalue weighted by Crippen LogP contribution is -1.95. The first-order valence-electron chi connectivity index (χ1n) is 3.92. The van der Waals surface area contributed by atoms with E-state index >= 15 is 0 Å². The third-order valence-electron chi connectivity index (χ3n) is 1.77. The second-order valence-electron chi connectivity index (χ2n) is 2.65. The molecule has 0 spiro atoms. The minimum Gasteiger partial charge on any atom is -0.303 e. The van der Waals surface area contributed by atoms with Crippen LogP contribution in [0, 0.1) is 0 Å². The highest BCUT2D eigenvalue weighted by Crippen LogP contribution is 2.16. The molecule has 0 aliphatic carbocycles. The molecule has 0 fully saturated rings. The molecule has 0 amide bonds.